The molecule has 0 atom stereocenters. The molecule has 2 heterocycles. The van der Waals surface area contributed by atoms with Crippen molar-refractivity contribution in [1.82, 2.24) is 0 Å². The SMILES string of the molecule is Cc1ccc(C)c(N2C(=O)C(=Cc3ccc4c(c3)OCO4)N=C2c2ccc(Br)cc2)c1. The van der Waals surface area contributed by atoms with Crippen LogP contribution in [0.15, 0.2) is 75.8 Å². The molecule has 3 aromatic carbocycles. The van der Waals surface area contributed by atoms with Crippen LogP contribution in [-0.2, 0) is 4.79 Å². The number of fused-ring (bicyclic) bond motifs is 1. The quantitative estimate of drug-likeness (QED) is 0.462. The molecule has 6 heteroatoms. The molecule has 31 heavy (non-hydrogen) atoms. The lowest BCUT2D eigenvalue weighted by Crippen LogP contribution is -2.33. The van der Waals surface area contributed by atoms with Gasteiger partial charge < -0.3 is 9.47 Å². The maximum Gasteiger partial charge on any atom is 0.282 e. The second-order valence-corrected chi connectivity index (χ2v) is 8.43. The van der Waals surface area contributed by atoms with E-state index in [1.54, 1.807) is 11.0 Å². The van der Waals surface area contributed by atoms with E-state index in [4.69, 9.17) is 14.5 Å². The van der Waals surface area contributed by atoms with E-state index in [1.807, 2.05) is 74.5 Å². The molecule has 0 aromatic heterocycles. The van der Waals surface area contributed by atoms with Gasteiger partial charge in [0.2, 0.25) is 6.79 Å². The van der Waals surface area contributed by atoms with Gasteiger partial charge >= 0.3 is 0 Å². The number of carbonyl (C=O) groups excluding carboxylic acids is 1. The zero-order valence-corrected chi connectivity index (χ0v) is 18.6. The maximum atomic E-state index is 13.5. The number of anilines is 1. The molecule has 0 fully saturated rings. The summed E-state index contributed by atoms with van der Waals surface area (Å²) in [6.07, 6.45) is 1.79. The summed E-state index contributed by atoms with van der Waals surface area (Å²) in [7, 11) is 0. The van der Waals surface area contributed by atoms with Crippen LogP contribution in [0.2, 0.25) is 0 Å². The number of halogens is 1. The van der Waals surface area contributed by atoms with E-state index in [-0.39, 0.29) is 12.7 Å². The van der Waals surface area contributed by atoms with E-state index in [0.717, 1.165) is 32.4 Å². The van der Waals surface area contributed by atoms with Crippen LogP contribution in [0.25, 0.3) is 6.08 Å². The topological polar surface area (TPSA) is 51.1 Å². The molecule has 2 aliphatic rings. The van der Waals surface area contributed by atoms with Gasteiger partial charge in [0.25, 0.3) is 5.91 Å². The van der Waals surface area contributed by atoms with E-state index in [9.17, 15) is 4.79 Å². The molecule has 154 valence electrons. The van der Waals surface area contributed by atoms with E-state index >= 15 is 0 Å². The number of ether oxygens (including phenoxy) is 2. The Kier molecular flexibility index (Phi) is 4.87. The molecule has 0 unspecified atom stereocenters. The third kappa shape index (κ3) is 3.64. The Bertz CT molecular complexity index is 1260. The number of benzene rings is 3. The lowest BCUT2D eigenvalue weighted by atomic mass is 10.1. The third-order valence-electron chi connectivity index (χ3n) is 5.27. The molecule has 2 aliphatic heterocycles. The Morgan fingerprint density at radius 2 is 1.74 bits per heavy atom. The molecular formula is C25H19BrN2O3. The monoisotopic (exact) mass is 474 g/mol. The molecule has 0 N–H and O–H groups in total. The average molecular weight is 475 g/mol. The molecule has 5 rings (SSSR count). The van der Waals surface area contributed by atoms with Crippen molar-refractivity contribution in [3.8, 4) is 11.5 Å². The summed E-state index contributed by atoms with van der Waals surface area (Å²) in [5, 5.41) is 0. The minimum atomic E-state index is -0.163. The predicted octanol–water partition coefficient (Wildman–Crippen LogP) is 5.63. The summed E-state index contributed by atoms with van der Waals surface area (Å²) in [6, 6.07) is 19.5. The van der Waals surface area contributed by atoms with Crippen molar-refractivity contribution in [3.05, 3.63) is 93.1 Å². The molecule has 0 spiro atoms. The molecular weight excluding hydrogens is 456 g/mol. The fraction of sp³-hybridized carbons (Fsp3) is 0.120. The van der Waals surface area contributed by atoms with Crippen LogP contribution < -0.4 is 14.4 Å². The van der Waals surface area contributed by atoms with Crippen LogP contribution in [-0.4, -0.2) is 18.5 Å². The molecule has 5 nitrogen and oxygen atoms in total. The van der Waals surface area contributed by atoms with Gasteiger partial charge in [-0.1, -0.05) is 46.3 Å². The number of amides is 1. The van der Waals surface area contributed by atoms with Gasteiger partial charge in [0.05, 0.1) is 5.69 Å². The van der Waals surface area contributed by atoms with E-state index in [1.165, 1.54) is 0 Å². The summed E-state index contributed by atoms with van der Waals surface area (Å²) >= 11 is 3.47. The Balaban J connectivity index is 1.62. The first kappa shape index (κ1) is 19.6. The zero-order chi connectivity index (χ0) is 21.5. The third-order valence-corrected chi connectivity index (χ3v) is 5.80. The standard InChI is InChI=1S/C25H19BrN2O3/c1-15-3-4-16(2)21(11-15)28-24(18-6-8-19(26)9-7-18)27-20(25(28)29)12-17-5-10-22-23(13-17)31-14-30-22/h3-13H,14H2,1-2H3. The van der Waals surface area contributed by atoms with Gasteiger partial charge in [-0.05, 0) is 66.9 Å². The normalized spacial score (nSPS) is 16.2. The number of aryl methyl sites for hydroxylation is 2. The first-order chi connectivity index (χ1) is 15.0. The summed E-state index contributed by atoms with van der Waals surface area (Å²) < 4.78 is 11.8. The number of amidine groups is 1. The van der Waals surface area contributed by atoms with Gasteiger partial charge in [0.15, 0.2) is 11.5 Å². The highest BCUT2D eigenvalue weighted by Crippen LogP contribution is 2.35. The minimum Gasteiger partial charge on any atom is -0.454 e. The highest BCUT2D eigenvalue weighted by Gasteiger charge is 2.33. The van der Waals surface area contributed by atoms with Crippen molar-refractivity contribution in [1.29, 1.82) is 0 Å². The molecule has 0 saturated heterocycles. The fourth-order valence-corrected chi connectivity index (χ4v) is 3.92. The number of aliphatic imine (C=N–C) groups is 1. The zero-order valence-electron chi connectivity index (χ0n) is 17.1. The molecule has 0 aliphatic carbocycles. The molecule has 1 amide bonds. The fourth-order valence-electron chi connectivity index (χ4n) is 3.65. The Morgan fingerprint density at radius 3 is 2.55 bits per heavy atom. The summed E-state index contributed by atoms with van der Waals surface area (Å²) in [5.41, 5.74) is 4.99. The Morgan fingerprint density at radius 1 is 0.968 bits per heavy atom. The molecule has 0 bridgehead atoms. The highest BCUT2D eigenvalue weighted by atomic mass is 79.9. The lowest BCUT2D eigenvalue weighted by molar-refractivity contribution is -0.113. The molecule has 0 radical (unpaired) electrons. The van der Waals surface area contributed by atoms with Gasteiger partial charge in [-0.2, -0.15) is 0 Å². The highest BCUT2D eigenvalue weighted by molar-refractivity contribution is 9.10. The van der Waals surface area contributed by atoms with Crippen molar-refractivity contribution in [2.45, 2.75) is 13.8 Å². The van der Waals surface area contributed by atoms with Gasteiger partial charge in [-0.3, -0.25) is 9.69 Å². The summed E-state index contributed by atoms with van der Waals surface area (Å²) in [4.78, 5) is 20.0. The van der Waals surface area contributed by atoms with Crippen LogP contribution in [0.5, 0.6) is 11.5 Å². The lowest BCUT2D eigenvalue weighted by Gasteiger charge is -2.21. The smallest absolute Gasteiger partial charge is 0.282 e. The van der Waals surface area contributed by atoms with Crippen molar-refractivity contribution in [3.63, 3.8) is 0 Å². The molecule has 3 aromatic rings. The first-order valence-corrected chi connectivity index (χ1v) is 10.7. The summed E-state index contributed by atoms with van der Waals surface area (Å²) in [5.74, 6) is 1.82. The largest absolute Gasteiger partial charge is 0.454 e. The summed E-state index contributed by atoms with van der Waals surface area (Å²) in [6.45, 7) is 4.23. The van der Waals surface area contributed by atoms with Crippen molar-refractivity contribution in [2.75, 3.05) is 11.7 Å². The van der Waals surface area contributed by atoms with Crippen molar-refractivity contribution < 1.29 is 14.3 Å². The van der Waals surface area contributed by atoms with E-state index in [2.05, 4.69) is 15.9 Å². The Hall–Kier alpha value is -3.38. The van der Waals surface area contributed by atoms with Gasteiger partial charge in [-0.15, -0.1) is 0 Å². The number of hydrogen-bond acceptors (Lipinski definition) is 4. The van der Waals surface area contributed by atoms with Crippen LogP contribution in [0.1, 0.15) is 22.3 Å². The van der Waals surface area contributed by atoms with Gasteiger partial charge in [-0.25, -0.2) is 4.99 Å². The van der Waals surface area contributed by atoms with Crippen LogP contribution >= 0.6 is 15.9 Å². The second kappa shape index (κ2) is 7.71. The number of nitrogens with zero attached hydrogens (tertiary/aromatic N) is 2. The van der Waals surface area contributed by atoms with E-state index < -0.39 is 0 Å². The van der Waals surface area contributed by atoms with Crippen LogP contribution in [0, 0.1) is 13.8 Å². The second-order valence-electron chi connectivity index (χ2n) is 7.52. The first-order valence-electron chi connectivity index (χ1n) is 9.87. The Labute approximate surface area is 188 Å². The van der Waals surface area contributed by atoms with Gasteiger partial charge in [0.1, 0.15) is 11.5 Å². The van der Waals surface area contributed by atoms with Gasteiger partial charge in [0, 0.05) is 10.0 Å². The number of rotatable bonds is 3. The predicted molar refractivity (Wildman–Crippen MR) is 125 cm³/mol. The molecule has 0 saturated carbocycles. The van der Waals surface area contributed by atoms with Crippen LogP contribution in [0.4, 0.5) is 5.69 Å². The minimum absolute atomic E-state index is 0.163. The average Bonchev–Trinajstić information content (AvgIpc) is 3.35. The van der Waals surface area contributed by atoms with E-state index in [0.29, 0.717) is 23.0 Å². The maximum absolute atomic E-state index is 13.5. The van der Waals surface area contributed by atoms with Crippen molar-refractivity contribution >= 4 is 39.4 Å². The van der Waals surface area contributed by atoms with Crippen LogP contribution in [0.3, 0.4) is 0 Å². The number of carbonyl (C=O) groups is 1. The van der Waals surface area contributed by atoms with Crippen molar-refractivity contribution in [2.24, 2.45) is 4.99 Å². The number of hydrogen-bond donors (Lipinski definition) is 0.